The third-order valence-electron chi connectivity index (χ3n) is 7.26. The first-order chi connectivity index (χ1) is 19.5. The van der Waals surface area contributed by atoms with Crippen LogP contribution in [-0.2, 0) is 22.4 Å². The van der Waals surface area contributed by atoms with Crippen LogP contribution in [0.5, 0.6) is 0 Å². The average molecular weight is 581 g/mol. The summed E-state index contributed by atoms with van der Waals surface area (Å²) in [7, 11) is -0.0138. The molecule has 0 bridgehead atoms. The summed E-state index contributed by atoms with van der Waals surface area (Å²) in [4.78, 5) is 11.1. The summed E-state index contributed by atoms with van der Waals surface area (Å²) in [6, 6.07) is 18.2. The lowest BCUT2D eigenvalue weighted by Crippen LogP contribution is -2.16. The van der Waals surface area contributed by atoms with Crippen LogP contribution in [0.3, 0.4) is 0 Å². The van der Waals surface area contributed by atoms with Crippen molar-refractivity contribution in [2.75, 3.05) is 32.5 Å². The van der Waals surface area contributed by atoms with E-state index >= 15 is 0 Å². The van der Waals surface area contributed by atoms with Gasteiger partial charge in [0.25, 0.3) is 0 Å². The van der Waals surface area contributed by atoms with Gasteiger partial charge in [-0.3, -0.25) is 0 Å². The second-order valence-corrected chi connectivity index (χ2v) is 12.4. The third kappa shape index (κ3) is 6.28. The molecule has 1 atom stereocenters. The normalized spacial score (nSPS) is 14.9. The largest absolute Gasteiger partial charge is 0.416 e. The molecule has 0 spiro atoms. The standard InChI is InChI=1S/C31H31F3N4O2S/c1-38(2)17-6-5-16-35-30-36-20-22-18-28(26-10-3-4-11-27(26)29(22)37-30)21-12-14-24(15-13-21)41(39,40)25-9-7-8-23(19-25)31(32,33)34/h3-4,7-15,19-20,28H,5-6,16-18H2,1-2H3,(H,35,36,37). The molecule has 1 aliphatic carbocycles. The van der Waals surface area contributed by atoms with E-state index in [1.54, 1.807) is 12.1 Å². The first kappa shape index (κ1) is 28.8. The lowest BCUT2D eigenvalue weighted by molar-refractivity contribution is -0.137. The highest BCUT2D eigenvalue weighted by Crippen LogP contribution is 2.42. The van der Waals surface area contributed by atoms with Crippen LogP contribution in [0.15, 0.2) is 88.8 Å². The minimum atomic E-state index is -4.63. The highest BCUT2D eigenvalue weighted by atomic mass is 32.2. The van der Waals surface area contributed by atoms with E-state index in [2.05, 4.69) is 29.3 Å². The molecule has 0 saturated heterocycles. The van der Waals surface area contributed by atoms with Gasteiger partial charge < -0.3 is 10.2 Å². The Balaban J connectivity index is 1.38. The van der Waals surface area contributed by atoms with Crippen LogP contribution >= 0.6 is 0 Å². The first-order valence-electron chi connectivity index (χ1n) is 13.4. The highest BCUT2D eigenvalue weighted by molar-refractivity contribution is 7.91. The number of alkyl halides is 3. The quantitative estimate of drug-likeness (QED) is 0.230. The molecule has 6 nitrogen and oxygen atoms in total. The Kier molecular flexibility index (Phi) is 8.15. The summed E-state index contributed by atoms with van der Waals surface area (Å²) < 4.78 is 65.8. The summed E-state index contributed by atoms with van der Waals surface area (Å²) in [5, 5.41) is 3.33. The molecule has 3 aromatic carbocycles. The van der Waals surface area contributed by atoms with Crippen molar-refractivity contribution >= 4 is 15.8 Å². The minimum Gasteiger partial charge on any atom is -0.354 e. The van der Waals surface area contributed by atoms with Crippen molar-refractivity contribution in [3.05, 3.63) is 101 Å². The Hall–Kier alpha value is -3.76. The molecule has 4 aromatic rings. The molecule has 0 saturated carbocycles. The lowest BCUT2D eigenvalue weighted by Gasteiger charge is -2.27. The smallest absolute Gasteiger partial charge is 0.354 e. The van der Waals surface area contributed by atoms with Crippen LogP contribution < -0.4 is 5.32 Å². The summed E-state index contributed by atoms with van der Waals surface area (Å²) >= 11 is 0. The number of nitrogens with zero attached hydrogens (tertiary/aromatic N) is 3. The molecule has 5 rings (SSSR count). The Morgan fingerprint density at radius 3 is 2.44 bits per heavy atom. The zero-order valence-electron chi connectivity index (χ0n) is 22.8. The van der Waals surface area contributed by atoms with Gasteiger partial charge in [-0.05, 0) is 86.9 Å². The molecule has 214 valence electrons. The molecule has 0 radical (unpaired) electrons. The fourth-order valence-electron chi connectivity index (χ4n) is 5.13. The number of sulfone groups is 1. The second kappa shape index (κ2) is 11.6. The van der Waals surface area contributed by atoms with Crippen LogP contribution in [0, 0.1) is 0 Å². The van der Waals surface area contributed by atoms with E-state index in [-0.39, 0.29) is 10.8 Å². The minimum absolute atomic E-state index is 0.0579. The topological polar surface area (TPSA) is 75.2 Å². The van der Waals surface area contributed by atoms with E-state index in [1.807, 2.05) is 30.5 Å². The van der Waals surface area contributed by atoms with E-state index in [0.717, 1.165) is 66.0 Å². The zero-order valence-corrected chi connectivity index (χ0v) is 23.6. The van der Waals surface area contributed by atoms with E-state index in [1.165, 1.54) is 18.2 Å². The fourth-order valence-corrected chi connectivity index (χ4v) is 6.43. The molecule has 1 unspecified atom stereocenters. The summed E-state index contributed by atoms with van der Waals surface area (Å²) in [6.07, 6.45) is -0.0617. The van der Waals surface area contributed by atoms with Crippen molar-refractivity contribution in [2.24, 2.45) is 0 Å². The highest BCUT2D eigenvalue weighted by Gasteiger charge is 2.32. The number of rotatable bonds is 9. The van der Waals surface area contributed by atoms with E-state index in [0.29, 0.717) is 18.4 Å². The second-order valence-electron chi connectivity index (χ2n) is 10.4. The number of fused-ring (bicyclic) bond motifs is 3. The number of halogens is 3. The number of unbranched alkanes of at least 4 members (excludes halogenated alkanes) is 1. The Morgan fingerprint density at radius 2 is 1.71 bits per heavy atom. The molecule has 1 aromatic heterocycles. The molecule has 41 heavy (non-hydrogen) atoms. The van der Waals surface area contributed by atoms with Crippen molar-refractivity contribution in [3.8, 4) is 11.3 Å². The summed E-state index contributed by atoms with van der Waals surface area (Å²) in [5.41, 5.74) is 3.84. The van der Waals surface area contributed by atoms with Crippen molar-refractivity contribution < 1.29 is 21.6 Å². The van der Waals surface area contributed by atoms with Crippen molar-refractivity contribution in [1.29, 1.82) is 0 Å². The van der Waals surface area contributed by atoms with Gasteiger partial charge in [0.15, 0.2) is 0 Å². The Bertz CT molecular complexity index is 1640. The van der Waals surface area contributed by atoms with Gasteiger partial charge in [-0.15, -0.1) is 0 Å². The van der Waals surface area contributed by atoms with Crippen LogP contribution in [0.2, 0.25) is 0 Å². The number of anilines is 1. The van der Waals surface area contributed by atoms with Gasteiger partial charge in [0.05, 0.1) is 21.0 Å². The van der Waals surface area contributed by atoms with Crippen LogP contribution in [-0.4, -0.2) is 50.5 Å². The van der Waals surface area contributed by atoms with Gasteiger partial charge in [-0.25, -0.2) is 18.4 Å². The number of aromatic nitrogens is 2. The van der Waals surface area contributed by atoms with Gasteiger partial charge in [0.2, 0.25) is 15.8 Å². The molecule has 1 aliphatic rings. The van der Waals surface area contributed by atoms with Gasteiger partial charge in [0.1, 0.15) is 0 Å². The molecule has 1 N–H and O–H groups in total. The predicted molar refractivity (Wildman–Crippen MR) is 153 cm³/mol. The monoisotopic (exact) mass is 580 g/mol. The van der Waals surface area contributed by atoms with E-state index < -0.39 is 26.5 Å². The molecule has 1 heterocycles. The average Bonchev–Trinajstić information content (AvgIpc) is 2.96. The van der Waals surface area contributed by atoms with Crippen LogP contribution in [0.1, 0.15) is 41.0 Å². The zero-order chi connectivity index (χ0) is 29.2. The van der Waals surface area contributed by atoms with Gasteiger partial charge in [-0.2, -0.15) is 13.2 Å². The maximum Gasteiger partial charge on any atom is 0.416 e. The van der Waals surface area contributed by atoms with Crippen molar-refractivity contribution in [1.82, 2.24) is 14.9 Å². The van der Waals surface area contributed by atoms with Gasteiger partial charge in [0, 0.05) is 24.2 Å². The number of hydrogen-bond donors (Lipinski definition) is 1. The van der Waals surface area contributed by atoms with Crippen LogP contribution in [0.25, 0.3) is 11.3 Å². The maximum absolute atomic E-state index is 13.2. The molecular formula is C31H31F3N4O2S. The van der Waals surface area contributed by atoms with Crippen molar-refractivity contribution in [2.45, 2.75) is 41.1 Å². The van der Waals surface area contributed by atoms with Crippen LogP contribution in [0.4, 0.5) is 19.1 Å². The number of benzene rings is 3. The lowest BCUT2D eigenvalue weighted by atomic mass is 9.78. The van der Waals surface area contributed by atoms with Gasteiger partial charge >= 0.3 is 6.18 Å². The van der Waals surface area contributed by atoms with E-state index in [4.69, 9.17) is 4.98 Å². The molecule has 0 fully saturated rings. The van der Waals surface area contributed by atoms with Gasteiger partial charge in [-0.1, -0.05) is 42.5 Å². The molecular weight excluding hydrogens is 549 g/mol. The first-order valence-corrected chi connectivity index (χ1v) is 14.9. The summed E-state index contributed by atoms with van der Waals surface area (Å²) in [5.74, 6) is 0.531. The molecule has 10 heteroatoms. The maximum atomic E-state index is 13.2. The third-order valence-corrected chi connectivity index (χ3v) is 9.03. The number of hydrogen-bond acceptors (Lipinski definition) is 6. The predicted octanol–water partition coefficient (Wildman–Crippen LogP) is 6.44. The molecule has 0 amide bonds. The number of nitrogens with one attached hydrogen (secondary N) is 1. The Labute approximate surface area is 238 Å². The summed E-state index contributed by atoms with van der Waals surface area (Å²) in [6.45, 7) is 1.81. The van der Waals surface area contributed by atoms with Crippen molar-refractivity contribution in [3.63, 3.8) is 0 Å². The fraction of sp³-hybridized carbons (Fsp3) is 0.290. The van der Waals surface area contributed by atoms with E-state index in [9.17, 15) is 21.6 Å². The SMILES string of the molecule is CN(C)CCCCNc1ncc2c(n1)-c1ccccc1C(c1ccc(S(=O)(=O)c3cccc(C(F)(F)F)c3)cc1)C2. The molecule has 0 aliphatic heterocycles. The Morgan fingerprint density at radius 1 is 0.951 bits per heavy atom.